The van der Waals surface area contributed by atoms with Crippen molar-refractivity contribution in [2.24, 2.45) is 11.8 Å². The van der Waals surface area contributed by atoms with Crippen molar-refractivity contribution in [2.75, 3.05) is 18.1 Å². The van der Waals surface area contributed by atoms with Gasteiger partial charge in [0.1, 0.15) is 5.75 Å². The Balaban J connectivity index is 2.72. The van der Waals surface area contributed by atoms with Gasteiger partial charge < -0.3 is 10.0 Å². The molecule has 0 radical (unpaired) electrons. The summed E-state index contributed by atoms with van der Waals surface area (Å²) >= 11 is 0. The van der Waals surface area contributed by atoms with Crippen LogP contribution in [0.3, 0.4) is 0 Å². The Hall–Kier alpha value is -1.11. The molecule has 1 amide bonds. The van der Waals surface area contributed by atoms with Crippen LogP contribution in [0.2, 0.25) is 0 Å². The lowest BCUT2D eigenvalue weighted by Crippen LogP contribution is -2.49. The second-order valence-electron chi connectivity index (χ2n) is 5.96. The van der Waals surface area contributed by atoms with Crippen molar-refractivity contribution in [3.63, 3.8) is 0 Å². The Morgan fingerprint density at radius 2 is 1.90 bits per heavy atom. The molecule has 0 saturated carbocycles. The monoisotopic (exact) mass is 305 g/mol. The first-order valence-electron chi connectivity index (χ1n) is 6.85. The van der Waals surface area contributed by atoms with Crippen molar-refractivity contribution in [3.8, 4) is 0 Å². The molecule has 116 valence electrons. The van der Waals surface area contributed by atoms with Crippen LogP contribution >= 0.6 is 0 Å². The smallest absolute Gasteiger partial charge is 0.308 e. The number of hydrogen-bond acceptors (Lipinski definition) is 4. The summed E-state index contributed by atoms with van der Waals surface area (Å²) in [6.45, 7) is 5.50. The highest BCUT2D eigenvalue weighted by Gasteiger charge is 2.34. The van der Waals surface area contributed by atoms with Gasteiger partial charge in [0.15, 0.2) is 9.84 Å². The van der Waals surface area contributed by atoms with Crippen molar-refractivity contribution in [1.29, 1.82) is 0 Å². The molecule has 7 heteroatoms. The third-order valence-corrected chi connectivity index (χ3v) is 5.34. The predicted octanol–water partition coefficient (Wildman–Crippen LogP) is 0.769. The molecule has 2 atom stereocenters. The average molecular weight is 305 g/mol. The summed E-state index contributed by atoms with van der Waals surface area (Å²) in [5.41, 5.74) is 0. The molecule has 1 saturated heterocycles. The van der Waals surface area contributed by atoms with Crippen LogP contribution < -0.4 is 0 Å². The number of sulfone groups is 1. The highest BCUT2D eigenvalue weighted by atomic mass is 32.2. The summed E-state index contributed by atoms with van der Waals surface area (Å²) < 4.78 is 23.7. The van der Waals surface area contributed by atoms with E-state index in [1.54, 1.807) is 13.8 Å². The van der Waals surface area contributed by atoms with Crippen molar-refractivity contribution < 1.29 is 23.1 Å². The number of hydrogen-bond donors (Lipinski definition) is 1. The molecular weight excluding hydrogens is 282 g/mol. The van der Waals surface area contributed by atoms with E-state index < -0.39 is 33.4 Å². The van der Waals surface area contributed by atoms with Crippen LogP contribution in [0.25, 0.3) is 0 Å². The van der Waals surface area contributed by atoms with Crippen molar-refractivity contribution in [1.82, 2.24) is 4.90 Å². The molecule has 0 aromatic heterocycles. The maximum absolute atomic E-state index is 12.1. The van der Waals surface area contributed by atoms with E-state index in [1.165, 1.54) is 4.90 Å². The summed E-state index contributed by atoms with van der Waals surface area (Å²) in [4.78, 5) is 24.5. The number of nitrogens with zero attached hydrogens (tertiary/aromatic N) is 1. The second kappa shape index (κ2) is 6.56. The summed E-state index contributed by atoms with van der Waals surface area (Å²) in [7, 11) is -3.43. The van der Waals surface area contributed by atoms with Gasteiger partial charge in [-0.25, -0.2) is 8.42 Å². The van der Waals surface area contributed by atoms with Crippen LogP contribution in [0.15, 0.2) is 0 Å². The Morgan fingerprint density at radius 1 is 1.30 bits per heavy atom. The summed E-state index contributed by atoms with van der Waals surface area (Å²) in [5, 5.41) is 9.02. The number of carbonyl (C=O) groups is 2. The first-order chi connectivity index (χ1) is 9.12. The normalized spacial score (nSPS) is 23.9. The minimum absolute atomic E-state index is 0.0245. The Morgan fingerprint density at radius 3 is 2.40 bits per heavy atom. The number of piperidine rings is 1. The van der Waals surface area contributed by atoms with Gasteiger partial charge in [0.05, 0.1) is 11.7 Å². The summed E-state index contributed by atoms with van der Waals surface area (Å²) in [6, 6.07) is -0.104. The molecule has 6 nitrogen and oxygen atoms in total. The van der Waals surface area contributed by atoms with E-state index in [0.717, 1.165) is 0 Å². The first kappa shape index (κ1) is 16.9. The van der Waals surface area contributed by atoms with Crippen LogP contribution in [0.1, 0.15) is 33.6 Å². The van der Waals surface area contributed by atoms with E-state index >= 15 is 0 Å². The van der Waals surface area contributed by atoms with Crippen LogP contribution in [0.4, 0.5) is 0 Å². The number of carbonyl (C=O) groups excluding carboxylic acids is 1. The average Bonchev–Trinajstić information content (AvgIpc) is 2.26. The lowest BCUT2D eigenvalue weighted by molar-refractivity contribution is -0.146. The van der Waals surface area contributed by atoms with E-state index in [9.17, 15) is 18.0 Å². The molecule has 1 fully saturated rings. The van der Waals surface area contributed by atoms with E-state index in [0.29, 0.717) is 12.8 Å². The van der Waals surface area contributed by atoms with Crippen molar-refractivity contribution in [2.45, 2.75) is 39.7 Å². The van der Waals surface area contributed by atoms with Gasteiger partial charge in [-0.2, -0.15) is 0 Å². The van der Waals surface area contributed by atoms with Gasteiger partial charge in [0.2, 0.25) is 5.91 Å². The third kappa shape index (κ3) is 4.77. The van der Waals surface area contributed by atoms with Gasteiger partial charge in [-0.1, -0.05) is 13.8 Å². The Labute approximate surface area is 120 Å². The molecule has 1 N–H and O–H groups in total. The summed E-state index contributed by atoms with van der Waals surface area (Å²) in [5.74, 6) is -2.59. The van der Waals surface area contributed by atoms with Gasteiger partial charge in [-0.05, 0) is 25.7 Å². The molecular formula is C13H23NO5S. The van der Waals surface area contributed by atoms with E-state index in [4.69, 9.17) is 5.11 Å². The highest BCUT2D eigenvalue weighted by Crippen LogP contribution is 2.22. The Bertz CT molecular complexity index is 471. The quantitative estimate of drug-likeness (QED) is 0.810. The molecule has 0 aliphatic carbocycles. The Kier molecular flexibility index (Phi) is 5.56. The molecule has 0 bridgehead atoms. The zero-order valence-electron chi connectivity index (χ0n) is 12.2. The second-order valence-corrected chi connectivity index (χ2v) is 8.07. The topological polar surface area (TPSA) is 91.8 Å². The number of aliphatic carboxylic acids is 1. The fourth-order valence-corrected chi connectivity index (χ4v) is 4.17. The lowest BCUT2D eigenvalue weighted by atomic mass is 9.93. The zero-order valence-corrected chi connectivity index (χ0v) is 13.0. The molecule has 2 unspecified atom stereocenters. The number of carboxylic acids is 1. The number of amides is 1. The van der Waals surface area contributed by atoms with Gasteiger partial charge in [0.25, 0.3) is 0 Å². The van der Waals surface area contributed by atoms with E-state index in [1.807, 2.05) is 6.92 Å². The minimum atomic E-state index is -3.43. The SMILES string of the molecule is CC(C)CS(=O)(=O)CC(=O)N1CC(C(=O)O)CCC1C. The number of rotatable bonds is 5. The minimum Gasteiger partial charge on any atom is -0.481 e. The van der Waals surface area contributed by atoms with Crippen LogP contribution in [0.5, 0.6) is 0 Å². The fourth-order valence-electron chi connectivity index (χ4n) is 2.49. The van der Waals surface area contributed by atoms with E-state index in [2.05, 4.69) is 0 Å². The lowest BCUT2D eigenvalue weighted by Gasteiger charge is -2.36. The molecule has 1 aliphatic heterocycles. The fraction of sp³-hybridized carbons (Fsp3) is 0.846. The molecule has 1 heterocycles. The van der Waals surface area contributed by atoms with Crippen molar-refractivity contribution >= 4 is 21.7 Å². The van der Waals surface area contributed by atoms with Crippen LogP contribution in [0, 0.1) is 11.8 Å². The van der Waals surface area contributed by atoms with Crippen LogP contribution in [-0.2, 0) is 19.4 Å². The van der Waals surface area contributed by atoms with Gasteiger partial charge in [-0.15, -0.1) is 0 Å². The largest absolute Gasteiger partial charge is 0.481 e. The first-order valence-corrected chi connectivity index (χ1v) is 8.67. The predicted molar refractivity (Wildman–Crippen MR) is 75.0 cm³/mol. The maximum atomic E-state index is 12.1. The highest BCUT2D eigenvalue weighted by molar-refractivity contribution is 7.92. The summed E-state index contributed by atoms with van der Waals surface area (Å²) in [6.07, 6.45) is 1.12. The van der Waals surface area contributed by atoms with Gasteiger partial charge >= 0.3 is 5.97 Å². The molecule has 0 spiro atoms. The van der Waals surface area contributed by atoms with Gasteiger partial charge in [0, 0.05) is 12.6 Å². The van der Waals surface area contributed by atoms with E-state index in [-0.39, 0.29) is 24.3 Å². The molecule has 20 heavy (non-hydrogen) atoms. The van der Waals surface area contributed by atoms with Crippen molar-refractivity contribution in [3.05, 3.63) is 0 Å². The van der Waals surface area contributed by atoms with Crippen LogP contribution in [-0.4, -0.2) is 54.4 Å². The zero-order chi connectivity index (χ0) is 15.5. The standard InChI is InChI=1S/C13H23NO5S/c1-9(2)7-20(18,19)8-12(15)14-6-11(13(16)17)5-4-10(14)3/h9-11H,4-8H2,1-3H3,(H,16,17). The number of carboxylic acid groups (broad SMARTS) is 1. The molecule has 0 aromatic rings. The maximum Gasteiger partial charge on any atom is 0.308 e. The number of likely N-dealkylation sites (tertiary alicyclic amines) is 1. The molecule has 1 rings (SSSR count). The third-order valence-electron chi connectivity index (χ3n) is 3.48. The molecule has 0 aromatic carbocycles. The van der Waals surface area contributed by atoms with Gasteiger partial charge in [-0.3, -0.25) is 9.59 Å². The molecule has 1 aliphatic rings.